The van der Waals surface area contributed by atoms with Crippen LogP contribution in [0.4, 0.5) is 0 Å². The van der Waals surface area contributed by atoms with E-state index in [-0.39, 0.29) is 12.5 Å². The summed E-state index contributed by atoms with van der Waals surface area (Å²) in [5, 5.41) is 12.0. The third-order valence-corrected chi connectivity index (χ3v) is 3.59. The number of rotatable bonds is 5. The minimum absolute atomic E-state index is 0.203. The van der Waals surface area contributed by atoms with Gasteiger partial charge in [0.05, 0.1) is 5.41 Å². The van der Waals surface area contributed by atoms with Gasteiger partial charge in [-0.1, -0.05) is 19.3 Å². The number of hydrogen-bond acceptors (Lipinski definition) is 3. The van der Waals surface area contributed by atoms with Crippen LogP contribution in [0.3, 0.4) is 0 Å². The maximum absolute atomic E-state index is 11.6. The van der Waals surface area contributed by atoms with Crippen LogP contribution in [0.2, 0.25) is 0 Å². The number of methoxy groups -OCH3 is 1. The Morgan fingerprint density at radius 2 is 1.94 bits per heavy atom. The highest BCUT2D eigenvalue weighted by atomic mass is 16.5. The van der Waals surface area contributed by atoms with Crippen molar-refractivity contribution in [1.82, 2.24) is 5.32 Å². The Morgan fingerprint density at radius 1 is 1.35 bits per heavy atom. The molecule has 0 spiro atoms. The summed E-state index contributed by atoms with van der Waals surface area (Å²) in [4.78, 5) is 22.9. The van der Waals surface area contributed by atoms with Gasteiger partial charge < -0.3 is 15.2 Å². The maximum atomic E-state index is 11.6. The molecule has 98 valence electrons. The number of carbonyl (C=O) groups is 2. The molecular weight excluding hydrogens is 222 g/mol. The van der Waals surface area contributed by atoms with E-state index in [4.69, 9.17) is 4.74 Å². The summed E-state index contributed by atoms with van der Waals surface area (Å²) < 4.78 is 4.89. The number of amides is 1. The summed E-state index contributed by atoms with van der Waals surface area (Å²) in [6.07, 6.45) is 3.67. The van der Waals surface area contributed by atoms with Gasteiger partial charge >= 0.3 is 5.97 Å². The number of hydrogen-bond donors (Lipinski definition) is 2. The van der Waals surface area contributed by atoms with Crippen molar-refractivity contribution in [2.75, 3.05) is 13.7 Å². The first-order valence-electron chi connectivity index (χ1n) is 6.06. The van der Waals surface area contributed by atoms with Gasteiger partial charge in [-0.2, -0.15) is 0 Å². The molecule has 1 unspecified atom stereocenters. The molecule has 0 aromatic heterocycles. The van der Waals surface area contributed by atoms with Gasteiger partial charge in [0.25, 0.3) is 0 Å². The fraction of sp³-hybridized carbons (Fsp3) is 0.833. The van der Waals surface area contributed by atoms with Crippen molar-refractivity contribution in [3.8, 4) is 0 Å². The number of carboxylic acid groups (broad SMARTS) is 1. The Labute approximate surface area is 102 Å². The molecule has 1 atom stereocenters. The maximum Gasteiger partial charge on any atom is 0.311 e. The first kappa shape index (κ1) is 14.0. The standard InChI is InChI=1S/C12H21NO4/c1-9(17-2)10(14)13-8-12(11(15)16)6-4-3-5-7-12/h9H,3-8H2,1-2H3,(H,13,14)(H,15,16). The van der Waals surface area contributed by atoms with E-state index in [0.29, 0.717) is 12.8 Å². The van der Waals surface area contributed by atoms with Crippen LogP contribution in [0.1, 0.15) is 39.0 Å². The molecule has 0 bridgehead atoms. The zero-order chi connectivity index (χ0) is 12.9. The molecule has 1 rings (SSSR count). The lowest BCUT2D eigenvalue weighted by Crippen LogP contribution is -2.46. The van der Waals surface area contributed by atoms with Crippen molar-refractivity contribution in [3.63, 3.8) is 0 Å². The summed E-state index contributed by atoms with van der Waals surface area (Å²) in [6, 6.07) is 0. The molecule has 5 nitrogen and oxygen atoms in total. The normalized spacial score (nSPS) is 20.6. The van der Waals surface area contributed by atoms with Crippen molar-refractivity contribution < 1.29 is 19.4 Å². The lowest BCUT2D eigenvalue weighted by molar-refractivity contribution is -0.151. The van der Waals surface area contributed by atoms with Gasteiger partial charge in [-0.05, 0) is 19.8 Å². The molecule has 0 radical (unpaired) electrons. The monoisotopic (exact) mass is 243 g/mol. The molecule has 0 aromatic carbocycles. The molecule has 17 heavy (non-hydrogen) atoms. The molecule has 1 aliphatic rings. The predicted molar refractivity (Wildman–Crippen MR) is 62.6 cm³/mol. The van der Waals surface area contributed by atoms with Gasteiger partial charge in [0.15, 0.2) is 0 Å². The molecule has 2 N–H and O–H groups in total. The summed E-state index contributed by atoms with van der Waals surface area (Å²) >= 11 is 0. The number of ether oxygens (including phenoxy) is 1. The Hall–Kier alpha value is -1.10. The lowest BCUT2D eigenvalue weighted by Gasteiger charge is -2.33. The van der Waals surface area contributed by atoms with E-state index in [0.717, 1.165) is 19.3 Å². The average Bonchev–Trinajstić information content (AvgIpc) is 2.35. The first-order valence-corrected chi connectivity index (χ1v) is 6.06. The molecule has 1 fully saturated rings. The predicted octanol–water partition coefficient (Wildman–Crippen LogP) is 1.17. The Morgan fingerprint density at radius 3 is 2.41 bits per heavy atom. The van der Waals surface area contributed by atoms with E-state index in [1.165, 1.54) is 7.11 Å². The fourth-order valence-corrected chi connectivity index (χ4v) is 2.20. The number of carbonyl (C=O) groups excluding carboxylic acids is 1. The molecule has 0 saturated heterocycles. The number of nitrogens with one attached hydrogen (secondary N) is 1. The Kier molecular flexibility index (Phi) is 4.93. The van der Waals surface area contributed by atoms with E-state index in [9.17, 15) is 14.7 Å². The second-order valence-electron chi connectivity index (χ2n) is 4.74. The van der Waals surface area contributed by atoms with Gasteiger partial charge in [-0.15, -0.1) is 0 Å². The van der Waals surface area contributed by atoms with E-state index in [1.54, 1.807) is 6.92 Å². The Bertz CT molecular complexity index is 284. The molecule has 1 aliphatic carbocycles. The SMILES string of the molecule is COC(C)C(=O)NCC1(C(=O)O)CCCCC1. The van der Waals surface area contributed by atoms with Crippen molar-refractivity contribution in [1.29, 1.82) is 0 Å². The highest BCUT2D eigenvalue weighted by Crippen LogP contribution is 2.35. The van der Waals surface area contributed by atoms with Crippen LogP contribution in [0.25, 0.3) is 0 Å². The van der Waals surface area contributed by atoms with Crippen molar-refractivity contribution in [3.05, 3.63) is 0 Å². The van der Waals surface area contributed by atoms with E-state index in [1.807, 2.05) is 0 Å². The summed E-state index contributed by atoms with van der Waals surface area (Å²) in [6.45, 7) is 1.85. The van der Waals surface area contributed by atoms with Crippen LogP contribution in [-0.4, -0.2) is 36.7 Å². The van der Waals surface area contributed by atoms with Crippen LogP contribution in [0.5, 0.6) is 0 Å². The van der Waals surface area contributed by atoms with E-state index < -0.39 is 17.5 Å². The minimum Gasteiger partial charge on any atom is -0.481 e. The van der Waals surface area contributed by atoms with E-state index in [2.05, 4.69) is 5.32 Å². The van der Waals surface area contributed by atoms with Crippen LogP contribution in [0.15, 0.2) is 0 Å². The second-order valence-corrected chi connectivity index (χ2v) is 4.74. The average molecular weight is 243 g/mol. The van der Waals surface area contributed by atoms with Gasteiger partial charge in [-0.25, -0.2) is 0 Å². The smallest absolute Gasteiger partial charge is 0.311 e. The van der Waals surface area contributed by atoms with Crippen molar-refractivity contribution >= 4 is 11.9 Å². The molecule has 0 heterocycles. The van der Waals surface area contributed by atoms with Crippen LogP contribution in [-0.2, 0) is 14.3 Å². The summed E-state index contributed by atoms with van der Waals surface area (Å²) in [5.41, 5.74) is -0.776. The second kappa shape index (κ2) is 6.00. The topological polar surface area (TPSA) is 75.6 Å². The molecular formula is C12H21NO4. The molecule has 5 heteroatoms. The summed E-state index contributed by atoms with van der Waals surface area (Å²) in [5.74, 6) is -1.05. The zero-order valence-electron chi connectivity index (χ0n) is 10.5. The third-order valence-electron chi connectivity index (χ3n) is 3.59. The minimum atomic E-state index is -0.803. The molecule has 1 amide bonds. The third kappa shape index (κ3) is 3.43. The highest BCUT2D eigenvalue weighted by Gasteiger charge is 2.39. The zero-order valence-corrected chi connectivity index (χ0v) is 10.5. The quantitative estimate of drug-likeness (QED) is 0.760. The van der Waals surface area contributed by atoms with E-state index >= 15 is 0 Å². The van der Waals surface area contributed by atoms with Gasteiger partial charge in [0.1, 0.15) is 6.10 Å². The molecule has 0 aliphatic heterocycles. The highest BCUT2D eigenvalue weighted by molar-refractivity contribution is 5.82. The number of aliphatic carboxylic acids is 1. The van der Waals surface area contributed by atoms with Gasteiger partial charge in [-0.3, -0.25) is 9.59 Å². The summed E-state index contributed by atoms with van der Waals surface area (Å²) in [7, 11) is 1.46. The van der Waals surface area contributed by atoms with Crippen molar-refractivity contribution in [2.24, 2.45) is 5.41 Å². The first-order chi connectivity index (χ1) is 8.02. The van der Waals surface area contributed by atoms with Gasteiger partial charge in [0.2, 0.25) is 5.91 Å². The Balaban J connectivity index is 2.56. The molecule has 0 aromatic rings. The van der Waals surface area contributed by atoms with Crippen molar-refractivity contribution in [2.45, 2.75) is 45.1 Å². The van der Waals surface area contributed by atoms with Crippen LogP contribution >= 0.6 is 0 Å². The molecule has 1 saturated carbocycles. The largest absolute Gasteiger partial charge is 0.481 e. The lowest BCUT2D eigenvalue weighted by atomic mass is 9.74. The van der Waals surface area contributed by atoms with Crippen LogP contribution in [0, 0.1) is 5.41 Å². The fourth-order valence-electron chi connectivity index (χ4n) is 2.20. The van der Waals surface area contributed by atoms with Crippen LogP contribution < -0.4 is 5.32 Å². The van der Waals surface area contributed by atoms with Gasteiger partial charge in [0, 0.05) is 13.7 Å². The number of carboxylic acids is 1.